The summed E-state index contributed by atoms with van der Waals surface area (Å²) in [4.78, 5) is 18.6. The molecule has 0 spiro atoms. The van der Waals surface area contributed by atoms with Crippen molar-refractivity contribution in [2.45, 2.75) is 12.8 Å². The summed E-state index contributed by atoms with van der Waals surface area (Å²) in [5, 5.41) is 2.89. The molecule has 1 fully saturated rings. The molecule has 2 heterocycles. The van der Waals surface area contributed by atoms with E-state index >= 15 is 0 Å². The quantitative estimate of drug-likeness (QED) is 0.853. The normalized spacial score (nSPS) is 20.4. The zero-order valence-corrected chi connectivity index (χ0v) is 11.6. The van der Waals surface area contributed by atoms with Crippen LogP contribution < -0.4 is 5.32 Å². The van der Waals surface area contributed by atoms with E-state index in [0.717, 1.165) is 32.5 Å². The zero-order chi connectivity index (χ0) is 13.7. The number of anilines is 1. The predicted octanol–water partition coefficient (Wildman–Crippen LogP) is 0.717. The van der Waals surface area contributed by atoms with Crippen molar-refractivity contribution in [3.05, 3.63) is 12.4 Å². The number of hydrogen-bond acceptors (Lipinski definition) is 4. The van der Waals surface area contributed by atoms with Gasteiger partial charge in [-0.05, 0) is 19.4 Å². The Labute approximate surface area is 113 Å². The van der Waals surface area contributed by atoms with Gasteiger partial charge in [-0.15, -0.1) is 0 Å². The van der Waals surface area contributed by atoms with E-state index in [-0.39, 0.29) is 11.8 Å². The Morgan fingerprint density at radius 1 is 1.63 bits per heavy atom. The number of rotatable bonds is 5. The second-order valence-corrected chi connectivity index (χ2v) is 4.98. The second kappa shape index (κ2) is 6.68. The van der Waals surface area contributed by atoms with Gasteiger partial charge in [-0.25, -0.2) is 4.98 Å². The molecule has 0 saturated carbocycles. The number of hydrogen-bond donors (Lipinski definition) is 1. The molecule has 1 aliphatic rings. The van der Waals surface area contributed by atoms with Crippen molar-refractivity contribution in [3.8, 4) is 0 Å². The van der Waals surface area contributed by atoms with Gasteiger partial charge in [0.25, 0.3) is 0 Å². The summed E-state index contributed by atoms with van der Waals surface area (Å²) in [7, 11) is 3.57. The van der Waals surface area contributed by atoms with Gasteiger partial charge in [0.1, 0.15) is 0 Å². The summed E-state index contributed by atoms with van der Waals surface area (Å²) in [6, 6.07) is 0. The third-order valence-electron chi connectivity index (χ3n) is 3.54. The van der Waals surface area contributed by atoms with Gasteiger partial charge < -0.3 is 14.2 Å². The number of likely N-dealkylation sites (tertiary alicyclic amines) is 1. The number of carbonyl (C=O) groups excluding carboxylic acids is 1. The molecular weight excluding hydrogens is 244 g/mol. The largest absolute Gasteiger partial charge is 0.383 e. The molecule has 1 aromatic rings. The van der Waals surface area contributed by atoms with Gasteiger partial charge in [0, 0.05) is 39.6 Å². The maximum absolute atomic E-state index is 12.2. The topological polar surface area (TPSA) is 59.4 Å². The van der Waals surface area contributed by atoms with E-state index < -0.39 is 0 Å². The first-order valence-electron chi connectivity index (χ1n) is 6.70. The minimum atomic E-state index is 0.0438. The molecule has 1 aliphatic heterocycles. The minimum Gasteiger partial charge on any atom is -0.383 e. The van der Waals surface area contributed by atoms with Gasteiger partial charge in [-0.2, -0.15) is 0 Å². The summed E-state index contributed by atoms with van der Waals surface area (Å²) in [6.07, 6.45) is 5.50. The van der Waals surface area contributed by atoms with Crippen LogP contribution in [0.3, 0.4) is 0 Å². The molecule has 19 heavy (non-hydrogen) atoms. The van der Waals surface area contributed by atoms with E-state index in [1.807, 2.05) is 17.8 Å². The smallest absolute Gasteiger partial charge is 0.231 e. The zero-order valence-electron chi connectivity index (χ0n) is 11.6. The second-order valence-electron chi connectivity index (χ2n) is 4.98. The number of piperidine rings is 1. The van der Waals surface area contributed by atoms with Crippen LogP contribution in [0.15, 0.2) is 12.4 Å². The van der Waals surface area contributed by atoms with E-state index in [2.05, 4.69) is 15.2 Å². The van der Waals surface area contributed by atoms with Gasteiger partial charge in [0.05, 0.1) is 12.5 Å². The number of nitrogens with one attached hydrogen (secondary N) is 1. The van der Waals surface area contributed by atoms with Gasteiger partial charge in [-0.1, -0.05) is 0 Å². The summed E-state index contributed by atoms with van der Waals surface area (Å²) >= 11 is 0. The molecule has 1 saturated heterocycles. The molecular formula is C13H22N4O2. The number of ether oxygens (including phenoxy) is 1. The lowest BCUT2D eigenvalue weighted by Gasteiger charge is -2.31. The van der Waals surface area contributed by atoms with Crippen LogP contribution in [0.1, 0.15) is 12.8 Å². The molecule has 1 N–H and O–H groups in total. The SMILES string of the molecule is COCCN1CCCC(C(=O)Nc2nccn2C)C1. The molecule has 1 unspecified atom stereocenters. The predicted molar refractivity (Wildman–Crippen MR) is 72.9 cm³/mol. The first-order valence-corrected chi connectivity index (χ1v) is 6.70. The molecule has 2 rings (SSSR count). The van der Waals surface area contributed by atoms with Crippen molar-refractivity contribution in [1.82, 2.24) is 14.5 Å². The van der Waals surface area contributed by atoms with Crippen molar-refractivity contribution >= 4 is 11.9 Å². The van der Waals surface area contributed by atoms with Crippen molar-refractivity contribution in [1.29, 1.82) is 0 Å². The highest BCUT2D eigenvalue weighted by atomic mass is 16.5. The Bertz CT molecular complexity index is 419. The number of aromatic nitrogens is 2. The van der Waals surface area contributed by atoms with Crippen LogP contribution in [0.5, 0.6) is 0 Å². The minimum absolute atomic E-state index is 0.0438. The van der Waals surface area contributed by atoms with E-state index in [1.54, 1.807) is 13.3 Å². The summed E-state index contributed by atoms with van der Waals surface area (Å²) in [5.41, 5.74) is 0. The number of carbonyl (C=O) groups is 1. The summed E-state index contributed by atoms with van der Waals surface area (Å²) in [5.74, 6) is 0.720. The fraction of sp³-hybridized carbons (Fsp3) is 0.692. The lowest BCUT2D eigenvalue weighted by molar-refractivity contribution is -0.121. The van der Waals surface area contributed by atoms with Crippen LogP contribution in [0.2, 0.25) is 0 Å². The Hall–Kier alpha value is -1.40. The van der Waals surface area contributed by atoms with Crippen molar-refractivity contribution in [2.24, 2.45) is 13.0 Å². The molecule has 0 aliphatic carbocycles. The molecule has 0 bridgehead atoms. The standard InChI is InChI=1S/C13H22N4O2/c1-16-7-5-14-13(16)15-12(18)11-4-3-6-17(10-11)8-9-19-2/h5,7,11H,3-4,6,8-10H2,1-2H3,(H,14,15,18). The highest BCUT2D eigenvalue weighted by molar-refractivity contribution is 5.91. The number of imidazole rings is 1. The van der Waals surface area contributed by atoms with Crippen molar-refractivity contribution in [2.75, 3.05) is 38.7 Å². The van der Waals surface area contributed by atoms with E-state index in [1.165, 1.54) is 0 Å². The van der Waals surface area contributed by atoms with Crippen LogP contribution in [0.4, 0.5) is 5.95 Å². The summed E-state index contributed by atoms with van der Waals surface area (Å²) in [6.45, 7) is 3.46. The first-order chi connectivity index (χ1) is 9.20. The Balaban J connectivity index is 1.86. The molecule has 106 valence electrons. The third kappa shape index (κ3) is 3.78. The monoisotopic (exact) mass is 266 g/mol. The molecule has 0 aromatic carbocycles. The summed E-state index contributed by atoms with van der Waals surface area (Å²) < 4.78 is 6.89. The molecule has 1 atom stereocenters. The highest BCUT2D eigenvalue weighted by Crippen LogP contribution is 2.18. The lowest BCUT2D eigenvalue weighted by atomic mass is 9.97. The van der Waals surface area contributed by atoms with Crippen molar-refractivity contribution in [3.63, 3.8) is 0 Å². The van der Waals surface area contributed by atoms with E-state index in [4.69, 9.17) is 4.74 Å². The van der Waals surface area contributed by atoms with Crippen LogP contribution in [0, 0.1) is 5.92 Å². The lowest BCUT2D eigenvalue weighted by Crippen LogP contribution is -2.42. The first kappa shape index (κ1) is 14.0. The fourth-order valence-electron chi connectivity index (χ4n) is 2.39. The van der Waals surface area contributed by atoms with Crippen LogP contribution in [-0.4, -0.2) is 53.7 Å². The number of nitrogens with zero attached hydrogens (tertiary/aromatic N) is 3. The van der Waals surface area contributed by atoms with Crippen molar-refractivity contribution < 1.29 is 9.53 Å². The maximum atomic E-state index is 12.2. The Morgan fingerprint density at radius 2 is 2.47 bits per heavy atom. The number of methoxy groups -OCH3 is 1. The molecule has 6 heteroatoms. The molecule has 6 nitrogen and oxygen atoms in total. The van der Waals surface area contributed by atoms with Gasteiger partial charge in [-0.3, -0.25) is 10.1 Å². The fourth-order valence-corrected chi connectivity index (χ4v) is 2.39. The average Bonchev–Trinajstić information content (AvgIpc) is 2.82. The highest BCUT2D eigenvalue weighted by Gasteiger charge is 2.26. The third-order valence-corrected chi connectivity index (χ3v) is 3.54. The van der Waals surface area contributed by atoms with Gasteiger partial charge in [0.2, 0.25) is 11.9 Å². The van der Waals surface area contributed by atoms with Crippen LogP contribution in [0.25, 0.3) is 0 Å². The number of amides is 1. The van der Waals surface area contributed by atoms with E-state index in [0.29, 0.717) is 12.6 Å². The molecule has 1 amide bonds. The maximum Gasteiger partial charge on any atom is 0.231 e. The Kier molecular flexibility index (Phi) is 4.93. The van der Waals surface area contributed by atoms with E-state index in [9.17, 15) is 4.79 Å². The molecule has 1 aromatic heterocycles. The Morgan fingerprint density at radius 3 is 3.16 bits per heavy atom. The van der Waals surface area contributed by atoms with Crippen LogP contribution >= 0.6 is 0 Å². The van der Waals surface area contributed by atoms with Gasteiger partial charge >= 0.3 is 0 Å². The van der Waals surface area contributed by atoms with Gasteiger partial charge in [0.15, 0.2) is 0 Å². The van der Waals surface area contributed by atoms with Crippen LogP contribution in [-0.2, 0) is 16.6 Å². The number of aryl methyl sites for hydroxylation is 1. The molecule has 0 radical (unpaired) electrons. The average molecular weight is 266 g/mol.